The van der Waals surface area contributed by atoms with E-state index in [0.29, 0.717) is 5.69 Å². The van der Waals surface area contributed by atoms with Gasteiger partial charge in [-0.15, -0.1) is 0 Å². The van der Waals surface area contributed by atoms with Crippen molar-refractivity contribution < 1.29 is 13.2 Å². The normalized spacial score (nSPS) is 12.5. The fourth-order valence-electron chi connectivity index (χ4n) is 6.98. The molecule has 0 aliphatic rings. The van der Waals surface area contributed by atoms with Crippen LogP contribution in [0.25, 0.3) is 64.6 Å². The molecule has 0 heterocycles. The van der Waals surface area contributed by atoms with Gasteiger partial charge in [-0.1, -0.05) is 84.9 Å². The number of rotatable bonds is 3. The summed E-state index contributed by atoms with van der Waals surface area (Å²) in [7, 11) is 0. The first-order valence-electron chi connectivity index (χ1n) is 14.2. The lowest BCUT2D eigenvalue weighted by molar-refractivity contribution is -0.137. The van der Waals surface area contributed by atoms with E-state index >= 15 is 0 Å². The molecule has 9 rings (SSSR count). The molecule has 0 atom stereocenters. The van der Waals surface area contributed by atoms with Gasteiger partial charge >= 0.3 is 6.18 Å². The van der Waals surface area contributed by atoms with E-state index in [2.05, 4.69) is 114 Å². The largest absolute Gasteiger partial charge is 0.416 e. The lowest BCUT2D eigenvalue weighted by Crippen LogP contribution is -2.11. The summed E-state index contributed by atoms with van der Waals surface area (Å²) in [6, 6.07) is 43.9. The van der Waals surface area contributed by atoms with E-state index in [0.717, 1.165) is 45.1 Å². The second kappa shape index (κ2) is 8.59. The lowest BCUT2D eigenvalue weighted by Gasteiger charge is -2.28. The fraction of sp³-hybridized carbons (Fsp3) is 0.0256. The first-order valence-corrected chi connectivity index (χ1v) is 14.2. The zero-order valence-corrected chi connectivity index (χ0v) is 22.8. The first kappa shape index (κ1) is 24.3. The van der Waals surface area contributed by atoms with Crippen LogP contribution < -0.4 is 4.90 Å². The summed E-state index contributed by atoms with van der Waals surface area (Å²) >= 11 is 0. The van der Waals surface area contributed by atoms with Gasteiger partial charge in [0.2, 0.25) is 0 Å². The van der Waals surface area contributed by atoms with Crippen LogP contribution in [0.15, 0.2) is 133 Å². The van der Waals surface area contributed by atoms with Crippen molar-refractivity contribution >= 4 is 81.7 Å². The predicted octanol–water partition coefficient (Wildman–Crippen LogP) is 12.0. The van der Waals surface area contributed by atoms with Crippen molar-refractivity contribution in [1.82, 2.24) is 0 Å². The Morgan fingerprint density at radius 1 is 0.349 bits per heavy atom. The monoisotopic (exact) mass is 561 g/mol. The Kier molecular flexibility index (Phi) is 4.85. The van der Waals surface area contributed by atoms with E-state index in [1.165, 1.54) is 43.1 Å². The van der Waals surface area contributed by atoms with Gasteiger partial charge in [0.05, 0.1) is 5.56 Å². The Balaban J connectivity index is 1.32. The molecule has 0 amide bonds. The van der Waals surface area contributed by atoms with Crippen LogP contribution >= 0.6 is 0 Å². The maximum atomic E-state index is 13.6. The van der Waals surface area contributed by atoms with Gasteiger partial charge in [-0.05, 0) is 113 Å². The number of hydrogen-bond donors (Lipinski definition) is 0. The second-order valence-corrected chi connectivity index (χ2v) is 11.3. The fourth-order valence-corrected chi connectivity index (χ4v) is 6.98. The smallest absolute Gasteiger partial charge is 0.310 e. The zero-order chi connectivity index (χ0) is 28.9. The number of alkyl halides is 3. The molecule has 0 saturated carbocycles. The van der Waals surface area contributed by atoms with E-state index in [9.17, 15) is 13.2 Å². The molecule has 0 aliphatic carbocycles. The van der Waals surface area contributed by atoms with E-state index in [-0.39, 0.29) is 0 Å². The molecule has 0 aliphatic heterocycles. The van der Waals surface area contributed by atoms with Crippen molar-refractivity contribution in [2.45, 2.75) is 6.18 Å². The van der Waals surface area contributed by atoms with E-state index in [1.807, 2.05) is 0 Å². The van der Waals surface area contributed by atoms with Crippen LogP contribution in [0.1, 0.15) is 5.56 Å². The molecule has 0 fully saturated rings. The Hall–Kier alpha value is -5.35. The highest BCUT2D eigenvalue weighted by Gasteiger charge is 2.30. The highest BCUT2D eigenvalue weighted by molar-refractivity contribution is 6.25. The molecule has 0 unspecified atom stereocenters. The van der Waals surface area contributed by atoms with Crippen molar-refractivity contribution in [2.24, 2.45) is 0 Å². The van der Waals surface area contributed by atoms with E-state index < -0.39 is 11.7 Å². The third-order valence-electron chi connectivity index (χ3n) is 8.87. The third kappa shape index (κ3) is 3.59. The molecule has 0 radical (unpaired) electrons. The van der Waals surface area contributed by atoms with E-state index in [4.69, 9.17) is 0 Å². The minimum Gasteiger partial charge on any atom is -0.310 e. The molecule has 9 aromatic rings. The minimum atomic E-state index is -4.41. The number of hydrogen-bond acceptors (Lipinski definition) is 1. The van der Waals surface area contributed by atoms with Crippen LogP contribution in [0.3, 0.4) is 0 Å². The van der Waals surface area contributed by atoms with E-state index in [1.54, 1.807) is 12.1 Å². The highest BCUT2D eigenvalue weighted by Crippen LogP contribution is 2.44. The molecule has 4 heteroatoms. The average molecular weight is 562 g/mol. The molecule has 0 bridgehead atoms. The summed E-state index contributed by atoms with van der Waals surface area (Å²) < 4.78 is 40.7. The summed E-state index contributed by atoms with van der Waals surface area (Å²) in [4.78, 5) is 2.07. The molecule has 0 saturated heterocycles. The molecule has 9 aromatic carbocycles. The van der Waals surface area contributed by atoms with Gasteiger partial charge in [0, 0.05) is 17.1 Å². The van der Waals surface area contributed by atoms with Gasteiger partial charge in [0.25, 0.3) is 0 Å². The first-order chi connectivity index (χ1) is 20.9. The highest BCUT2D eigenvalue weighted by atomic mass is 19.4. The van der Waals surface area contributed by atoms with Crippen molar-refractivity contribution in [3.05, 3.63) is 139 Å². The Morgan fingerprint density at radius 2 is 0.674 bits per heavy atom. The van der Waals surface area contributed by atoms with Crippen LogP contribution in [0.4, 0.5) is 30.2 Å². The van der Waals surface area contributed by atoms with Gasteiger partial charge in [-0.25, -0.2) is 0 Å². The van der Waals surface area contributed by atoms with Crippen LogP contribution in [0, 0.1) is 0 Å². The standard InChI is InChI=1S/C39H22F3N/c40-39(41,42)31-15-17-32(18-16-31)43(33-19-27-11-7-23-3-1-4-24-8-12-28(20-33)37(27)35(23)24)34-21-29-13-9-25-5-2-6-26-10-14-30(22-34)38(29)36(25)26/h1-22H. The summed E-state index contributed by atoms with van der Waals surface area (Å²) in [5.41, 5.74) is 1.77. The van der Waals surface area contributed by atoms with Gasteiger partial charge in [-0.3, -0.25) is 0 Å². The summed E-state index contributed by atoms with van der Waals surface area (Å²) in [6.45, 7) is 0. The number of nitrogens with zero attached hydrogens (tertiary/aromatic N) is 1. The van der Waals surface area contributed by atoms with Crippen LogP contribution in [-0.2, 0) is 6.18 Å². The maximum absolute atomic E-state index is 13.6. The SMILES string of the molecule is FC(F)(F)c1ccc(N(c2cc3ccc4cccc5ccc(c2)c3c45)c2cc3ccc4cccc5ccc(c2)c3c45)cc1. The quantitative estimate of drug-likeness (QED) is 0.194. The average Bonchev–Trinajstić information content (AvgIpc) is 3.02. The van der Waals surface area contributed by atoms with Gasteiger partial charge in [0.15, 0.2) is 0 Å². The second-order valence-electron chi connectivity index (χ2n) is 11.3. The molecular weight excluding hydrogens is 539 g/mol. The molecule has 0 N–H and O–H groups in total. The molecule has 43 heavy (non-hydrogen) atoms. The van der Waals surface area contributed by atoms with Crippen molar-refractivity contribution in [3.63, 3.8) is 0 Å². The zero-order valence-electron chi connectivity index (χ0n) is 22.8. The number of benzene rings is 9. The summed E-state index contributed by atoms with van der Waals surface area (Å²) in [6.07, 6.45) is -4.41. The lowest BCUT2D eigenvalue weighted by atomic mass is 9.92. The number of halogens is 3. The van der Waals surface area contributed by atoms with Crippen molar-refractivity contribution in [1.29, 1.82) is 0 Å². The predicted molar refractivity (Wildman–Crippen MR) is 174 cm³/mol. The van der Waals surface area contributed by atoms with Crippen LogP contribution in [-0.4, -0.2) is 0 Å². The van der Waals surface area contributed by atoms with Gasteiger partial charge in [-0.2, -0.15) is 13.2 Å². The molecule has 204 valence electrons. The Labute approximate surface area is 244 Å². The minimum absolute atomic E-state index is 0.661. The van der Waals surface area contributed by atoms with Crippen molar-refractivity contribution in [3.8, 4) is 0 Å². The molecule has 1 nitrogen and oxygen atoms in total. The van der Waals surface area contributed by atoms with Crippen LogP contribution in [0.2, 0.25) is 0 Å². The maximum Gasteiger partial charge on any atom is 0.416 e. The Bertz CT molecular complexity index is 2220. The van der Waals surface area contributed by atoms with Crippen molar-refractivity contribution in [2.75, 3.05) is 4.90 Å². The topological polar surface area (TPSA) is 3.24 Å². The molecular formula is C39H22F3N. The molecule has 0 spiro atoms. The Morgan fingerprint density at radius 3 is 1.02 bits per heavy atom. The van der Waals surface area contributed by atoms with Crippen LogP contribution in [0.5, 0.6) is 0 Å². The van der Waals surface area contributed by atoms with Gasteiger partial charge < -0.3 is 4.90 Å². The molecule has 0 aromatic heterocycles. The summed E-state index contributed by atoms with van der Waals surface area (Å²) in [5.74, 6) is 0. The summed E-state index contributed by atoms with van der Waals surface area (Å²) in [5, 5.41) is 14.0. The van der Waals surface area contributed by atoms with Gasteiger partial charge in [0.1, 0.15) is 0 Å². The number of anilines is 3. The third-order valence-corrected chi connectivity index (χ3v) is 8.87.